The van der Waals surface area contributed by atoms with Gasteiger partial charge in [-0.25, -0.2) is 0 Å². The topological polar surface area (TPSA) is 26.0 Å². The van der Waals surface area contributed by atoms with Crippen molar-refractivity contribution in [1.82, 2.24) is 0 Å². The number of hydrogen-bond donors (Lipinski definition) is 1. The molecular formula is C15H23NS. The van der Waals surface area contributed by atoms with Crippen LogP contribution in [0, 0.1) is 12.8 Å². The van der Waals surface area contributed by atoms with E-state index in [2.05, 4.69) is 19.1 Å². The molecule has 0 radical (unpaired) electrons. The summed E-state index contributed by atoms with van der Waals surface area (Å²) in [5, 5.41) is 0. The molecule has 1 saturated carbocycles. The second-order valence-corrected chi connectivity index (χ2v) is 6.30. The van der Waals surface area contributed by atoms with Crippen LogP contribution in [0.25, 0.3) is 0 Å². The lowest BCUT2D eigenvalue weighted by molar-refractivity contribution is 0.351. The van der Waals surface area contributed by atoms with Crippen molar-refractivity contribution in [1.29, 1.82) is 0 Å². The number of thioether (sulfide) groups is 1. The monoisotopic (exact) mass is 249 g/mol. The van der Waals surface area contributed by atoms with Crippen molar-refractivity contribution in [3.8, 4) is 0 Å². The molecule has 0 aliphatic heterocycles. The van der Waals surface area contributed by atoms with Crippen molar-refractivity contribution in [3.05, 3.63) is 23.8 Å². The molecule has 2 rings (SSSR count). The van der Waals surface area contributed by atoms with Crippen LogP contribution in [-0.2, 0) is 0 Å². The first-order valence-electron chi connectivity index (χ1n) is 6.74. The van der Waals surface area contributed by atoms with Gasteiger partial charge in [0.1, 0.15) is 0 Å². The molecule has 0 bridgehead atoms. The lowest BCUT2D eigenvalue weighted by Gasteiger charge is -2.21. The molecule has 17 heavy (non-hydrogen) atoms. The highest BCUT2D eigenvalue weighted by Crippen LogP contribution is 2.30. The van der Waals surface area contributed by atoms with Crippen LogP contribution in [0.4, 0.5) is 5.69 Å². The van der Waals surface area contributed by atoms with E-state index < -0.39 is 0 Å². The van der Waals surface area contributed by atoms with E-state index in [0.717, 1.165) is 11.6 Å². The third kappa shape index (κ3) is 3.95. The zero-order chi connectivity index (χ0) is 12.1. The summed E-state index contributed by atoms with van der Waals surface area (Å²) in [5.41, 5.74) is 7.96. The van der Waals surface area contributed by atoms with Crippen LogP contribution in [0.15, 0.2) is 23.1 Å². The fourth-order valence-electron chi connectivity index (χ4n) is 2.65. The molecule has 1 aliphatic rings. The Morgan fingerprint density at radius 2 is 2.00 bits per heavy atom. The van der Waals surface area contributed by atoms with Gasteiger partial charge in [0.2, 0.25) is 0 Å². The first-order valence-corrected chi connectivity index (χ1v) is 7.73. The van der Waals surface area contributed by atoms with Gasteiger partial charge in [-0.1, -0.05) is 32.1 Å². The Labute approximate surface area is 109 Å². The fourth-order valence-corrected chi connectivity index (χ4v) is 3.77. The fraction of sp³-hybridized carbons (Fsp3) is 0.600. The van der Waals surface area contributed by atoms with Gasteiger partial charge in [0.15, 0.2) is 0 Å². The summed E-state index contributed by atoms with van der Waals surface area (Å²) in [4.78, 5) is 1.40. The van der Waals surface area contributed by atoms with Gasteiger partial charge < -0.3 is 5.73 Å². The van der Waals surface area contributed by atoms with Crippen molar-refractivity contribution < 1.29 is 0 Å². The van der Waals surface area contributed by atoms with E-state index in [9.17, 15) is 0 Å². The number of benzene rings is 1. The maximum absolute atomic E-state index is 5.76. The van der Waals surface area contributed by atoms with Crippen molar-refractivity contribution in [2.75, 3.05) is 11.5 Å². The van der Waals surface area contributed by atoms with Gasteiger partial charge in [-0.05, 0) is 48.8 Å². The Kier molecular flexibility index (Phi) is 4.78. The summed E-state index contributed by atoms with van der Waals surface area (Å²) in [5.74, 6) is 2.25. The lowest BCUT2D eigenvalue weighted by atomic mass is 9.88. The smallest absolute Gasteiger partial charge is 0.0317 e. The van der Waals surface area contributed by atoms with Gasteiger partial charge in [0, 0.05) is 10.6 Å². The molecule has 94 valence electrons. The van der Waals surface area contributed by atoms with E-state index in [1.807, 2.05) is 17.8 Å². The summed E-state index contributed by atoms with van der Waals surface area (Å²) in [7, 11) is 0. The van der Waals surface area contributed by atoms with Crippen LogP contribution < -0.4 is 5.73 Å². The van der Waals surface area contributed by atoms with Gasteiger partial charge >= 0.3 is 0 Å². The van der Waals surface area contributed by atoms with Crippen molar-refractivity contribution >= 4 is 17.4 Å². The average Bonchev–Trinajstić information content (AvgIpc) is 2.33. The SMILES string of the molecule is Cc1cc(N)ccc1SCCC1CCCCC1. The molecule has 1 nitrogen and oxygen atoms in total. The third-order valence-electron chi connectivity index (χ3n) is 3.71. The molecule has 0 aromatic heterocycles. The van der Waals surface area contributed by atoms with E-state index in [1.54, 1.807) is 0 Å². The second kappa shape index (κ2) is 6.34. The number of hydrogen-bond acceptors (Lipinski definition) is 2. The highest BCUT2D eigenvalue weighted by atomic mass is 32.2. The van der Waals surface area contributed by atoms with Crippen LogP contribution in [-0.4, -0.2) is 5.75 Å². The molecule has 2 N–H and O–H groups in total. The molecule has 0 heterocycles. The molecule has 0 spiro atoms. The highest BCUT2D eigenvalue weighted by Gasteiger charge is 2.13. The van der Waals surface area contributed by atoms with Crippen LogP contribution >= 0.6 is 11.8 Å². The molecule has 0 atom stereocenters. The predicted octanol–water partition coefficient (Wildman–Crippen LogP) is 4.64. The highest BCUT2D eigenvalue weighted by molar-refractivity contribution is 7.99. The Bertz CT molecular complexity index is 356. The summed E-state index contributed by atoms with van der Waals surface area (Å²) in [6.45, 7) is 2.15. The minimum atomic E-state index is 0.874. The number of nitrogens with two attached hydrogens (primary N) is 1. The number of anilines is 1. The van der Waals surface area contributed by atoms with Crippen molar-refractivity contribution in [2.45, 2.75) is 50.3 Å². The minimum Gasteiger partial charge on any atom is -0.399 e. The zero-order valence-electron chi connectivity index (χ0n) is 10.7. The zero-order valence-corrected chi connectivity index (χ0v) is 11.6. The van der Waals surface area contributed by atoms with E-state index in [4.69, 9.17) is 5.73 Å². The second-order valence-electron chi connectivity index (χ2n) is 5.17. The largest absolute Gasteiger partial charge is 0.399 e. The standard InChI is InChI=1S/C15H23NS/c1-12-11-14(16)7-8-15(12)17-10-9-13-5-3-2-4-6-13/h7-8,11,13H,2-6,9-10,16H2,1H3. The Hall–Kier alpha value is -0.630. The van der Waals surface area contributed by atoms with Gasteiger partial charge in [0.05, 0.1) is 0 Å². The first-order chi connectivity index (χ1) is 8.25. The van der Waals surface area contributed by atoms with E-state index in [0.29, 0.717) is 0 Å². The van der Waals surface area contributed by atoms with E-state index >= 15 is 0 Å². The van der Waals surface area contributed by atoms with Crippen LogP contribution in [0.5, 0.6) is 0 Å². The van der Waals surface area contributed by atoms with Crippen molar-refractivity contribution in [3.63, 3.8) is 0 Å². The quantitative estimate of drug-likeness (QED) is 0.621. The predicted molar refractivity (Wildman–Crippen MR) is 77.5 cm³/mol. The Balaban J connectivity index is 1.77. The number of nitrogen functional groups attached to an aromatic ring is 1. The molecule has 2 heteroatoms. The molecular weight excluding hydrogens is 226 g/mol. The molecule has 0 unspecified atom stereocenters. The normalized spacial score (nSPS) is 17.2. The molecule has 1 aromatic rings. The summed E-state index contributed by atoms with van der Waals surface area (Å²) < 4.78 is 0. The summed E-state index contributed by atoms with van der Waals surface area (Å²) in [6.07, 6.45) is 8.67. The average molecular weight is 249 g/mol. The number of rotatable bonds is 4. The van der Waals surface area contributed by atoms with Crippen LogP contribution in [0.1, 0.15) is 44.1 Å². The molecule has 0 amide bonds. The minimum absolute atomic E-state index is 0.874. The molecule has 1 aliphatic carbocycles. The summed E-state index contributed by atoms with van der Waals surface area (Å²) >= 11 is 1.99. The van der Waals surface area contributed by atoms with Gasteiger partial charge in [-0.15, -0.1) is 11.8 Å². The van der Waals surface area contributed by atoms with Crippen molar-refractivity contribution in [2.24, 2.45) is 5.92 Å². The van der Waals surface area contributed by atoms with Gasteiger partial charge in [-0.3, -0.25) is 0 Å². The maximum Gasteiger partial charge on any atom is 0.0317 e. The molecule has 0 saturated heterocycles. The van der Waals surface area contributed by atoms with E-state index in [-0.39, 0.29) is 0 Å². The van der Waals surface area contributed by atoms with Crippen LogP contribution in [0.2, 0.25) is 0 Å². The maximum atomic E-state index is 5.76. The molecule has 1 fully saturated rings. The Morgan fingerprint density at radius 3 is 2.71 bits per heavy atom. The van der Waals surface area contributed by atoms with E-state index in [1.165, 1.54) is 54.7 Å². The first kappa shape index (κ1) is 12.8. The number of aryl methyl sites for hydroxylation is 1. The lowest BCUT2D eigenvalue weighted by Crippen LogP contribution is -2.06. The van der Waals surface area contributed by atoms with Gasteiger partial charge in [0.25, 0.3) is 0 Å². The van der Waals surface area contributed by atoms with Crippen LogP contribution in [0.3, 0.4) is 0 Å². The van der Waals surface area contributed by atoms with Gasteiger partial charge in [-0.2, -0.15) is 0 Å². The summed E-state index contributed by atoms with van der Waals surface area (Å²) in [6, 6.07) is 6.25. The molecule has 1 aromatic carbocycles. The third-order valence-corrected chi connectivity index (χ3v) is 4.92. The Morgan fingerprint density at radius 1 is 1.24 bits per heavy atom.